The standard InChI is InChI=1S/C9H22N4/c1-8(11(3)4)13(7)9(10-2)12(5)6/h8H,1-7H3/b10-9-. The second-order valence-corrected chi connectivity index (χ2v) is 3.62. The number of hydrogen-bond acceptors (Lipinski definition) is 2. The molecule has 1 atom stereocenters. The van der Waals surface area contributed by atoms with Gasteiger partial charge < -0.3 is 9.80 Å². The van der Waals surface area contributed by atoms with E-state index in [0.717, 1.165) is 5.96 Å². The molecule has 0 aromatic heterocycles. The second kappa shape index (κ2) is 5.07. The molecule has 0 fully saturated rings. The summed E-state index contributed by atoms with van der Waals surface area (Å²) in [4.78, 5) is 10.5. The van der Waals surface area contributed by atoms with E-state index in [2.05, 4.69) is 35.8 Å². The van der Waals surface area contributed by atoms with Gasteiger partial charge in [0, 0.05) is 28.2 Å². The Bertz CT molecular complexity index is 174. The largest absolute Gasteiger partial charge is 0.349 e. The number of rotatable bonds is 2. The number of nitrogens with zero attached hydrogens (tertiary/aromatic N) is 4. The number of guanidine groups is 1. The molecule has 0 aliphatic carbocycles. The average molecular weight is 186 g/mol. The third-order valence-corrected chi connectivity index (χ3v) is 2.22. The van der Waals surface area contributed by atoms with E-state index >= 15 is 0 Å². The van der Waals surface area contributed by atoms with E-state index in [0.29, 0.717) is 6.17 Å². The van der Waals surface area contributed by atoms with E-state index < -0.39 is 0 Å². The van der Waals surface area contributed by atoms with Crippen LogP contribution < -0.4 is 0 Å². The molecule has 13 heavy (non-hydrogen) atoms. The van der Waals surface area contributed by atoms with Crippen molar-refractivity contribution in [3.8, 4) is 0 Å². The van der Waals surface area contributed by atoms with Crippen molar-refractivity contribution in [1.29, 1.82) is 0 Å². The quantitative estimate of drug-likeness (QED) is 0.353. The van der Waals surface area contributed by atoms with Crippen LogP contribution in [0.25, 0.3) is 0 Å². The second-order valence-electron chi connectivity index (χ2n) is 3.62. The van der Waals surface area contributed by atoms with Gasteiger partial charge in [0.05, 0.1) is 6.17 Å². The minimum Gasteiger partial charge on any atom is -0.349 e. The molecule has 0 heterocycles. The van der Waals surface area contributed by atoms with Gasteiger partial charge in [0.2, 0.25) is 0 Å². The fourth-order valence-corrected chi connectivity index (χ4v) is 1.19. The smallest absolute Gasteiger partial charge is 0.196 e. The van der Waals surface area contributed by atoms with Crippen LogP contribution in [0.4, 0.5) is 0 Å². The van der Waals surface area contributed by atoms with Crippen molar-refractivity contribution in [3.63, 3.8) is 0 Å². The molecule has 78 valence electrons. The highest BCUT2D eigenvalue weighted by Gasteiger charge is 2.15. The van der Waals surface area contributed by atoms with E-state index in [1.54, 1.807) is 0 Å². The van der Waals surface area contributed by atoms with Crippen LogP contribution in [0.2, 0.25) is 0 Å². The Labute approximate surface area is 81.8 Å². The molecule has 0 aliphatic heterocycles. The van der Waals surface area contributed by atoms with Gasteiger partial charge in [-0.25, -0.2) is 0 Å². The first-order valence-electron chi connectivity index (χ1n) is 4.45. The lowest BCUT2D eigenvalue weighted by atomic mass is 10.4. The Balaban J connectivity index is 4.47. The normalized spacial score (nSPS) is 14.6. The van der Waals surface area contributed by atoms with E-state index in [-0.39, 0.29) is 0 Å². The van der Waals surface area contributed by atoms with Gasteiger partial charge >= 0.3 is 0 Å². The highest BCUT2D eigenvalue weighted by Crippen LogP contribution is 2.01. The van der Waals surface area contributed by atoms with Crippen molar-refractivity contribution in [3.05, 3.63) is 0 Å². The summed E-state index contributed by atoms with van der Waals surface area (Å²) in [6, 6.07) is 0. The average Bonchev–Trinajstić information content (AvgIpc) is 2.03. The molecule has 4 heteroatoms. The summed E-state index contributed by atoms with van der Waals surface area (Å²) in [5, 5.41) is 0. The Morgan fingerprint density at radius 1 is 1.08 bits per heavy atom. The maximum atomic E-state index is 4.23. The molecule has 0 radical (unpaired) electrons. The zero-order chi connectivity index (χ0) is 10.6. The van der Waals surface area contributed by atoms with Gasteiger partial charge in [0.1, 0.15) is 0 Å². The number of hydrogen-bond donors (Lipinski definition) is 0. The van der Waals surface area contributed by atoms with Crippen LogP contribution in [-0.4, -0.2) is 69.1 Å². The molecule has 0 aliphatic rings. The SMILES string of the molecule is C/N=C(/N(C)C)N(C)C(C)N(C)C. The van der Waals surface area contributed by atoms with Gasteiger partial charge in [-0.3, -0.25) is 9.89 Å². The van der Waals surface area contributed by atoms with Crippen LogP contribution in [0.15, 0.2) is 4.99 Å². The summed E-state index contributed by atoms with van der Waals surface area (Å²) < 4.78 is 0. The zero-order valence-electron chi connectivity index (χ0n) is 9.87. The molecular weight excluding hydrogens is 164 g/mol. The van der Waals surface area contributed by atoms with Crippen molar-refractivity contribution in [1.82, 2.24) is 14.7 Å². The molecule has 0 aromatic rings. The summed E-state index contributed by atoms with van der Waals surface area (Å²) in [6.45, 7) is 2.15. The summed E-state index contributed by atoms with van der Waals surface area (Å²) in [5.41, 5.74) is 0. The Morgan fingerprint density at radius 2 is 1.54 bits per heavy atom. The Morgan fingerprint density at radius 3 is 1.77 bits per heavy atom. The molecule has 0 amide bonds. The van der Waals surface area contributed by atoms with Crippen molar-refractivity contribution >= 4 is 5.96 Å². The molecule has 1 unspecified atom stereocenters. The van der Waals surface area contributed by atoms with Crippen LogP contribution in [0, 0.1) is 0 Å². The first-order valence-corrected chi connectivity index (χ1v) is 4.45. The Hall–Kier alpha value is -0.770. The van der Waals surface area contributed by atoms with E-state index in [1.165, 1.54) is 0 Å². The molecule has 0 saturated heterocycles. The zero-order valence-corrected chi connectivity index (χ0v) is 9.87. The van der Waals surface area contributed by atoms with Gasteiger partial charge in [-0.2, -0.15) is 0 Å². The topological polar surface area (TPSA) is 22.1 Å². The number of aliphatic imine (C=N–C) groups is 1. The third kappa shape index (κ3) is 3.22. The van der Waals surface area contributed by atoms with E-state index in [1.807, 2.05) is 33.1 Å². The first-order chi connectivity index (χ1) is 5.91. The van der Waals surface area contributed by atoms with Crippen LogP contribution >= 0.6 is 0 Å². The highest BCUT2D eigenvalue weighted by molar-refractivity contribution is 5.79. The van der Waals surface area contributed by atoms with Crippen LogP contribution in [-0.2, 0) is 0 Å². The van der Waals surface area contributed by atoms with Crippen molar-refractivity contribution in [2.75, 3.05) is 42.3 Å². The van der Waals surface area contributed by atoms with Crippen molar-refractivity contribution in [2.45, 2.75) is 13.1 Å². The van der Waals surface area contributed by atoms with Crippen LogP contribution in [0.3, 0.4) is 0 Å². The maximum Gasteiger partial charge on any atom is 0.196 e. The van der Waals surface area contributed by atoms with Gasteiger partial charge in [-0.05, 0) is 21.0 Å². The molecule has 0 spiro atoms. The third-order valence-electron chi connectivity index (χ3n) is 2.22. The Kier molecular flexibility index (Phi) is 4.77. The predicted octanol–water partition coefficient (Wildman–Crippen LogP) is 0.373. The van der Waals surface area contributed by atoms with Crippen LogP contribution in [0.1, 0.15) is 6.92 Å². The van der Waals surface area contributed by atoms with E-state index in [4.69, 9.17) is 0 Å². The molecular formula is C9H22N4. The molecule has 0 N–H and O–H groups in total. The van der Waals surface area contributed by atoms with Gasteiger partial charge in [0.25, 0.3) is 0 Å². The predicted molar refractivity (Wildman–Crippen MR) is 58.0 cm³/mol. The summed E-state index contributed by atoms with van der Waals surface area (Å²) >= 11 is 0. The van der Waals surface area contributed by atoms with Crippen molar-refractivity contribution < 1.29 is 0 Å². The lowest BCUT2D eigenvalue weighted by molar-refractivity contribution is 0.173. The minimum absolute atomic E-state index is 0.348. The molecule has 0 rings (SSSR count). The monoisotopic (exact) mass is 186 g/mol. The van der Waals surface area contributed by atoms with E-state index in [9.17, 15) is 0 Å². The first kappa shape index (κ1) is 12.2. The van der Waals surface area contributed by atoms with Gasteiger partial charge in [-0.15, -0.1) is 0 Å². The maximum absolute atomic E-state index is 4.23. The summed E-state index contributed by atoms with van der Waals surface area (Å²) in [5.74, 6) is 0.987. The lowest BCUT2D eigenvalue weighted by Crippen LogP contribution is -2.48. The fraction of sp³-hybridized carbons (Fsp3) is 0.889. The molecule has 0 aromatic carbocycles. The lowest BCUT2D eigenvalue weighted by Gasteiger charge is -2.34. The molecule has 0 saturated carbocycles. The summed E-state index contributed by atoms with van der Waals surface area (Å²) in [7, 11) is 12.0. The van der Waals surface area contributed by atoms with Gasteiger partial charge in [-0.1, -0.05) is 0 Å². The molecule has 0 bridgehead atoms. The van der Waals surface area contributed by atoms with Crippen molar-refractivity contribution in [2.24, 2.45) is 4.99 Å². The highest BCUT2D eigenvalue weighted by atomic mass is 15.4. The fourth-order valence-electron chi connectivity index (χ4n) is 1.19. The van der Waals surface area contributed by atoms with Gasteiger partial charge in [0.15, 0.2) is 5.96 Å². The van der Waals surface area contributed by atoms with Crippen LogP contribution in [0.5, 0.6) is 0 Å². The molecule has 4 nitrogen and oxygen atoms in total. The summed E-state index contributed by atoms with van der Waals surface area (Å²) in [6.07, 6.45) is 0.348. The minimum atomic E-state index is 0.348.